The van der Waals surface area contributed by atoms with Gasteiger partial charge in [-0.15, -0.1) is 0 Å². The maximum absolute atomic E-state index is 10.2. The Morgan fingerprint density at radius 2 is 1.73 bits per heavy atom. The molecule has 0 saturated carbocycles. The lowest BCUT2D eigenvalue weighted by Crippen LogP contribution is -2.38. The van der Waals surface area contributed by atoms with Gasteiger partial charge in [0, 0.05) is 19.6 Å². The van der Waals surface area contributed by atoms with Gasteiger partial charge in [0.1, 0.15) is 18.5 Å². The van der Waals surface area contributed by atoms with E-state index in [0.29, 0.717) is 13.2 Å². The van der Waals surface area contributed by atoms with Gasteiger partial charge in [0.2, 0.25) is 0 Å². The zero-order valence-corrected chi connectivity index (χ0v) is 14.0. The molecule has 0 radical (unpaired) electrons. The van der Waals surface area contributed by atoms with Crippen molar-refractivity contribution in [1.29, 1.82) is 0 Å². The van der Waals surface area contributed by atoms with Crippen molar-refractivity contribution in [3.05, 3.63) is 29.8 Å². The average molecular weight is 306 g/mol. The van der Waals surface area contributed by atoms with E-state index in [2.05, 4.69) is 35.8 Å². The van der Waals surface area contributed by atoms with Crippen molar-refractivity contribution < 1.29 is 9.84 Å². The van der Waals surface area contributed by atoms with Crippen molar-refractivity contribution >= 4 is 0 Å². The van der Waals surface area contributed by atoms with Gasteiger partial charge in [-0.05, 0) is 50.2 Å². The number of aliphatic hydroxyl groups is 1. The van der Waals surface area contributed by atoms with Gasteiger partial charge in [0.05, 0.1) is 0 Å². The fourth-order valence-corrected chi connectivity index (χ4v) is 2.89. The van der Waals surface area contributed by atoms with E-state index in [9.17, 15) is 5.11 Å². The van der Waals surface area contributed by atoms with Crippen LogP contribution in [-0.4, -0.2) is 66.9 Å². The van der Waals surface area contributed by atoms with Gasteiger partial charge in [-0.2, -0.15) is 0 Å². The van der Waals surface area contributed by atoms with Crippen molar-refractivity contribution in [2.24, 2.45) is 0 Å². The molecule has 1 aliphatic rings. The molecule has 0 aliphatic carbocycles. The minimum absolute atomic E-state index is 0.361. The van der Waals surface area contributed by atoms with Crippen molar-refractivity contribution in [1.82, 2.24) is 9.80 Å². The smallest absolute Gasteiger partial charge is 0.119 e. The Labute approximate surface area is 134 Å². The Bertz CT molecular complexity index is 422. The lowest BCUT2D eigenvalue weighted by molar-refractivity contribution is 0.0694. The summed E-state index contributed by atoms with van der Waals surface area (Å²) in [5.41, 5.74) is 1.30. The number of likely N-dealkylation sites (N-methyl/N-ethyl adjacent to an activating group) is 1. The van der Waals surface area contributed by atoms with Crippen LogP contribution in [0.25, 0.3) is 0 Å². The first-order chi connectivity index (χ1) is 10.7. The maximum atomic E-state index is 10.2. The minimum Gasteiger partial charge on any atom is -0.491 e. The van der Waals surface area contributed by atoms with E-state index in [4.69, 9.17) is 4.74 Å². The topological polar surface area (TPSA) is 35.9 Å². The summed E-state index contributed by atoms with van der Waals surface area (Å²) in [6.45, 7) is 10.9. The van der Waals surface area contributed by atoms with Crippen molar-refractivity contribution in [3.63, 3.8) is 0 Å². The fourth-order valence-electron chi connectivity index (χ4n) is 2.89. The van der Waals surface area contributed by atoms with Gasteiger partial charge in [0.15, 0.2) is 0 Å². The number of ether oxygens (including phenoxy) is 1. The lowest BCUT2D eigenvalue weighted by atomic mass is 10.2. The summed E-state index contributed by atoms with van der Waals surface area (Å²) in [4.78, 5) is 4.82. The summed E-state index contributed by atoms with van der Waals surface area (Å²) >= 11 is 0. The second-order valence-corrected chi connectivity index (χ2v) is 6.05. The van der Waals surface area contributed by atoms with E-state index in [1.165, 1.54) is 18.5 Å². The summed E-state index contributed by atoms with van der Waals surface area (Å²) < 4.78 is 5.70. The number of benzene rings is 1. The molecule has 0 amide bonds. The van der Waals surface area contributed by atoms with Crippen LogP contribution in [-0.2, 0) is 6.42 Å². The normalized spacial score (nSPS) is 18.9. The molecular weight excluding hydrogens is 276 g/mol. The number of hydrogen-bond donors (Lipinski definition) is 1. The molecule has 1 fully saturated rings. The van der Waals surface area contributed by atoms with Gasteiger partial charge in [-0.3, -0.25) is 4.90 Å². The van der Waals surface area contributed by atoms with Gasteiger partial charge in [-0.25, -0.2) is 0 Å². The first kappa shape index (κ1) is 17.3. The van der Waals surface area contributed by atoms with E-state index in [1.807, 2.05) is 12.1 Å². The van der Waals surface area contributed by atoms with E-state index in [1.54, 1.807) is 0 Å². The van der Waals surface area contributed by atoms with Crippen LogP contribution in [0.3, 0.4) is 0 Å². The highest BCUT2D eigenvalue weighted by atomic mass is 16.5. The lowest BCUT2D eigenvalue weighted by Gasteiger charge is -2.23. The monoisotopic (exact) mass is 306 g/mol. The summed E-state index contributed by atoms with van der Waals surface area (Å²) in [6, 6.07) is 8.12. The maximum Gasteiger partial charge on any atom is 0.119 e. The number of hydrogen-bond acceptors (Lipinski definition) is 4. The largest absolute Gasteiger partial charge is 0.491 e. The Morgan fingerprint density at radius 1 is 1.05 bits per heavy atom. The molecule has 1 saturated heterocycles. The highest BCUT2D eigenvalue weighted by Gasteiger charge is 2.16. The zero-order valence-electron chi connectivity index (χ0n) is 14.0. The summed E-state index contributed by atoms with van der Waals surface area (Å²) in [5.74, 6) is 0.837. The van der Waals surface area contributed by atoms with Crippen LogP contribution in [0.4, 0.5) is 0 Å². The third kappa shape index (κ3) is 5.59. The Kier molecular flexibility index (Phi) is 7.16. The summed E-state index contributed by atoms with van der Waals surface area (Å²) in [6.07, 6.45) is 1.78. The van der Waals surface area contributed by atoms with Crippen LogP contribution >= 0.6 is 0 Å². The van der Waals surface area contributed by atoms with Crippen LogP contribution in [0.5, 0.6) is 5.75 Å². The molecule has 1 atom stereocenters. The SMILES string of the molecule is CCc1ccc(OCC(O)CN2CCCN(CC)CC2)cc1. The molecule has 2 rings (SSSR count). The third-order valence-electron chi connectivity index (χ3n) is 4.37. The minimum atomic E-state index is -0.431. The second-order valence-electron chi connectivity index (χ2n) is 6.05. The van der Waals surface area contributed by atoms with E-state index in [0.717, 1.165) is 38.3 Å². The standard InChI is InChI=1S/C18H30N2O2/c1-3-16-6-8-18(9-7-16)22-15-17(21)14-20-11-5-10-19(4-2)12-13-20/h6-9,17,21H,3-5,10-15H2,1-2H3. The van der Waals surface area contributed by atoms with Crippen molar-refractivity contribution in [2.75, 3.05) is 45.9 Å². The van der Waals surface area contributed by atoms with E-state index >= 15 is 0 Å². The summed E-state index contributed by atoms with van der Waals surface area (Å²) in [5, 5.41) is 10.2. The molecule has 22 heavy (non-hydrogen) atoms. The van der Waals surface area contributed by atoms with E-state index in [-0.39, 0.29) is 0 Å². The Hall–Kier alpha value is -1.10. The predicted molar refractivity (Wildman–Crippen MR) is 90.5 cm³/mol. The molecule has 1 aliphatic heterocycles. The van der Waals surface area contributed by atoms with Gasteiger partial charge < -0.3 is 14.7 Å². The molecule has 1 unspecified atom stereocenters. The number of nitrogens with zero attached hydrogens (tertiary/aromatic N) is 2. The van der Waals surface area contributed by atoms with Crippen LogP contribution in [0.1, 0.15) is 25.8 Å². The zero-order chi connectivity index (χ0) is 15.8. The molecular formula is C18H30N2O2. The number of rotatable bonds is 7. The Morgan fingerprint density at radius 3 is 2.41 bits per heavy atom. The molecule has 1 aromatic carbocycles. The van der Waals surface area contributed by atoms with Crippen LogP contribution in [0.15, 0.2) is 24.3 Å². The van der Waals surface area contributed by atoms with Gasteiger partial charge in [-0.1, -0.05) is 26.0 Å². The highest BCUT2D eigenvalue weighted by molar-refractivity contribution is 5.27. The quantitative estimate of drug-likeness (QED) is 0.836. The second kappa shape index (κ2) is 9.13. The molecule has 4 nitrogen and oxygen atoms in total. The first-order valence-electron chi connectivity index (χ1n) is 8.55. The van der Waals surface area contributed by atoms with Gasteiger partial charge >= 0.3 is 0 Å². The molecule has 4 heteroatoms. The van der Waals surface area contributed by atoms with Crippen LogP contribution in [0, 0.1) is 0 Å². The van der Waals surface area contributed by atoms with Crippen molar-refractivity contribution in [2.45, 2.75) is 32.8 Å². The predicted octanol–water partition coefficient (Wildman–Crippen LogP) is 2.02. The third-order valence-corrected chi connectivity index (χ3v) is 4.37. The first-order valence-corrected chi connectivity index (χ1v) is 8.55. The number of aryl methyl sites for hydroxylation is 1. The molecule has 1 heterocycles. The van der Waals surface area contributed by atoms with E-state index < -0.39 is 6.10 Å². The average Bonchev–Trinajstić information content (AvgIpc) is 2.78. The fraction of sp³-hybridized carbons (Fsp3) is 0.667. The molecule has 1 N–H and O–H groups in total. The van der Waals surface area contributed by atoms with Gasteiger partial charge in [0.25, 0.3) is 0 Å². The van der Waals surface area contributed by atoms with Crippen LogP contribution < -0.4 is 4.74 Å². The number of β-amino-alcohol motifs (C(OH)–C–C–N with tert-alkyl or cyclic N) is 1. The molecule has 0 bridgehead atoms. The summed E-state index contributed by atoms with van der Waals surface area (Å²) in [7, 11) is 0. The Balaban J connectivity index is 1.71. The van der Waals surface area contributed by atoms with Crippen LogP contribution in [0.2, 0.25) is 0 Å². The highest BCUT2D eigenvalue weighted by Crippen LogP contribution is 2.13. The van der Waals surface area contributed by atoms with Crippen molar-refractivity contribution in [3.8, 4) is 5.75 Å². The molecule has 0 spiro atoms. The molecule has 124 valence electrons. The molecule has 0 aromatic heterocycles. The number of aliphatic hydroxyl groups excluding tert-OH is 1. The molecule has 1 aromatic rings.